The summed E-state index contributed by atoms with van der Waals surface area (Å²) in [6, 6.07) is 6.31. The number of halogens is 1. The Labute approximate surface area is 140 Å². The maximum Gasteiger partial charge on any atom is 0.226 e. The number of aromatic nitrogens is 2. The summed E-state index contributed by atoms with van der Waals surface area (Å²) in [6.45, 7) is 1.66. The Kier molecular flexibility index (Phi) is 3.84. The molecule has 1 saturated carbocycles. The summed E-state index contributed by atoms with van der Waals surface area (Å²) in [4.78, 5) is 14.7. The molecule has 0 unspecified atom stereocenters. The second-order valence-corrected chi connectivity index (χ2v) is 6.59. The average molecular weight is 329 g/mol. The predicted molar refractivity (Wildman–Crippen MR) is 85.7 cm³/mol. The largest absolute Gasteiger partial charge is 0.370 e. The van der Waals surface area contributed by atoms with Crippen molar-refractivity contribution in [2.75, 3.05) is 19.7 Å². The predicted octanol–water partition coefficient (Wildman–Crippen LogP) is 2.26. The summed E-state index contributed by atoms with van der Waals surface area (Å²) in [6.07, 6.45) is 4.54. The van der Waals surface area contributed by atoms with Crippen molar-refractivity contribution in [3.05, 3.63) is 53.6 Å². The number of carbonyl (C=O) groups excluding carboxylic acids is 1. The minimum atomic E-state index is -0.264. The van der Waals surface area contributed by atoms with Gasteiger partial charge < -0.3 is 9.64 Å². The van der Waals surface area contributed by atoms with E-state index in [1.54, 1.807) is 16.8 Å². The van der Waals surface area contributed by atoms with E-state index < -0.39 is 0 Å². The normalized spacial score (nSPS) is 26.4. The molecule has 24 heavy (non-hydrogen) atoms. The van der Waals surface area contributed by atoms with Gasteiger partial charge in [-0.1, -0.05) is 12.1 Å². The quantitative estimate of drug-likeness (QED) is 0.868. The highest BCUT2D eigenvalue weighted by Crippen LogP contribution is 2.48. The number of hydrogen-bond acceptors (Lipinski definition) is 3. The van der Waals surface area contributed by atoms with E-state index in [9.17, 15) is 9.18 Å². The third-order valence-corrected chi connectivity index (χ3v) is 4.88. The molecular weight excluding hydrogens is 309 g/mol. The summed E-state index contributed by atoms with van der Waals surface area (Å²) < 4.78 is 20.6. The number of benzene rings is 1. The average Bonchev–Trinajstić information content (AvgIpc) is 3.29. The van der Waals surface area contributed by atoms with Crippen LogP contribution in [0.5, 0.6) is 0 Å². The second-order valence-electron chi connectivity index (χ2n) is 6.59. The van der Waals surface area contributed by atoms with Crippen LogP contribution in [0.2, 0.25) is 0 Å². The molecule has 1 saturated heterocycles. The maximum absolute atomic E-state index is 13.1. The van der Waals surface area contributed by atoms with E-state index in [4.69, 9.17) is 4.74 Å². The fourth-order valence-corrected chi connectivity index (χ4v) is 3.43. The zero-order chi connectivity index (χ0) is 16.7. The smallest absolute Gasteiger partial charge is 0.226 e. The fraction of sp³-hybridized carbons (Fsp3) is 0.444. The number of rotatable bonds is 3. The Bertz CT molecular complexity index is 743. The van der Waals surface area contributed by atoms with Gasteiger partial charge in [0.25, 0.3) is 0 Å². The molecule has 1 aromatic carbocycles. The fourth-order valence-electron chi connectivity index (χ4n) is 3.43. The zero-order valence-corrected chi connectivity index (χ0v) is 13.6. The van der Waals surface area contributed by atoms with Gasteiger partial charge in [0, 0.05) is 25.7 Å². The number of amides is 1. The van der Waals surface area contributed by atoms with Crippen molar-refractivity contribution in [1.82, 2.24) is 14.7 Å². The van der Waals surface area contributed by atoms with Crippen molar-refractivity contribution in [3.8, 4) is 0 Å². The Morgan fingerprint density at radius 3 is 2.79 bits per heavy atom. The van der Waals surface area contributed by atoms with E-state index in [1.165, 1.54) is 12.1 Å². The molecule has 4 rings (SSSR count). The molecule has 1 aliphatic heterocycles. The highest BCUT2D eigenvalue weighted by Gasteiger charge is 2.47. The number of aryl methyl sites for hydroxylation is 1. The molecule has 0 bridgehead atoms. The first-order valence-corrected chi connectivity index (χ1v) is 8.26. The van der Waals surface area contributed by atoms with Crippen LogP contribution in [-0.4, -0.2) is 40.3 Å². The Hall–Kier alpha value is -2.21. The van der Waals surface area contributed by atoms with Gasteiger partial charge in [-0.25, -0.2) is 4.39 Å². The van der Waals surface area contributed by atoms with E-state index in [2.05, 4.69) is 5.10 Å². The third kappa shape index (κ3) is 2.94. The Balaban J connectivity index is 1.41. The van der Waals surface area contributed by atoms with Gasteiger partial charge >= 0.3 is 0 Å². The Morgan fingerprint density at radius 2 is 2.08 bits per heavy atom. The van der Waals surface area contributed by atoms with Crippen LogP contribution in [0.1, 0.15) is 29.6 Å². The van der Waals surface area contributed by atoms with E-state index in [-0.39, 0.29) is 23.7 Å². The maximum atomic E-state index is 13.1. The molecule has 1 aliphatic carbocycles. The van der Waals surface area contributed by atoms with Crippen LogP contribution in [0.15, 0.2) is 36.7 Å². The van der Waals surface area contributed by atoms with Gasteiger partial charge in [-0.05, 0) is 35.6 Å². The molecule has 2 fully saturated rings. The lowest BCUT2D eigenvalue weighted by Gasteiger charge is -2.33. The summed E-state index contributed by atoms with van der Waals surface area (Å²) in [5.74, 6) is 0.276. The first-order valence-electron chi connectivity index (χ1n) is 8.26. The molecule has 5 nitrogen and oxygen atoms in total. The highest BCUT2D eigenvalue weighted by molar-refractivity contribution is 5.83. The standard InChI is InChI=1S/C18H20FN3O2/c1-21-10-13(9-20-21)15-8-16(15)18(23)22-6-7-24-17(11-22)12-2-4-14(19)5-3-12/h2-5,9-10,15-17H,6-8,11H2,1H3/t15-,16-,17-/m0/s1. The number of ether oxygens (including phenoxy) is 1. The van der Waals surface area contributed by atoms with Gasteiger partial charge in [0.1, 0.15) is 11.9 Å². The SMILES string of the molecule is Cn1cc([C@@H]2C[C@@H]2C(=O)N2CCO[C@H](c3ccc(F)cc3)C2)cn1. The summed E-state index contributed by atoms with van der Waals surface area (Å²) >= 11 is 0. The number of nitrogens with zero attached hydrogens (tertiary/aromatic N) is 3. The molecule has 1 aromatic heterocycles. The Morgan fingerprint density at radius 1 is 1.29 bits per heavy atom. The molecule has 6 heteroatoms. The van der Waals surface area contributed by atoms with Crippen LogP contribution in [0, 0.1) is 11.7 Å². The number of carbonyl (C=O) groups is 1. The van der Waals surface area contributed by atoms with E-state index in [0.717, 1.165) is 17.5 Å². The summed E-state index contributed by atoms with van der Waals surface area (Å²) in [7, 11) is 1.89. The van der Waals surface area contributed by atoms with Gasteiger partial charge in [-0.15, -0.1) is 0 Å². The lowest BCUT2D eigenvalue weighted by molar-refractivity contribution is -0.140. The van der Waals surface area contributed by atoms with Crippen LogP contribution in [0.4, 0.5) is 4.39 Å². The molecule has 2 aliphatic rings. The van der Waals surface area contributed by atoms with Crippen LogP contribution < -0.4 is 0 Å². The number of hydrogen-bond donors (Lipinski definition) is 0. The first kappa shape index (κ1) is 15.3. The molecule has 2 heterocycles. The molecule has 2 aromatic rings. The van der Waals surface area contributed by atoms with Crippen LogP contribution >= 0.6 is 0 Å². The van der Waals surface area contributed by atoms with Gasteiger partial charge in [0.2, 0.25) is 5.91 Å². The van der Waals surface area contributed by atoms with Gasteiger partial charge in [-0.3, -0.25) is 9.48 Å². The topological polar surface area (TPSA) is 47.4 Å². The van der Waals surface area contributed by atoms with Crippen molar-refractivity contribution in [2.24, 2.45) is 13.0 Å². The molecule has 0 spiro atoms. The summed E-state index contributed by atoms with van der Waals surface area (Å²) in [5, 5.41) is 4.18. The van der Waals surface area contributed by atoms with E-state index in [1.807, 2.05) is 24.3 Å². The minimum Gasteiger partial charge on any atom is -0.370 e. The van der Waals surface area contributed by atoms with E-state index in [0.29, 0.717) is 25.6 Å². The third-order valence-electron chi connectivity index (χ3n) is 4.88. The second kappa shape index (κ2) is 6.02. The highest BCUT2D eigenvalue weighted by atomic mass is 19.1. The minimum absolute atomic E-state index is 0.0566. The van der Waals surface area contributed by atoms with Crippen molar-refractivity contribution < 1.29 is 13.9 Å². The lowest BCUT2D eigenvalue weighted by Crippen LogP contribution is -2.43. The van der Waals surface area contributed by atoms with Crippen LogP contribution in [0.3, 0.4) is 0 Å². The van der Waals surface area contributed by atoms with Crippen molar-refractivity contribution >= 4 is 5.91 Å². The van der Waals surface area contributed by atoms with Crippen LogP contribution in [-0.2, 0) is 16.6 Å². The van der Waals surface area contributed by atoms with E-state index >= 15 is 0 Å². The molecule has 3 atom stereocenters. The van der Waals surface area contributed by atoms with Gasteiger partial charge in [0.15, 0.2) is 0 Å². The molecule has 126 valence electrons. The molecule has 0 radical (unpaired) electrons. The first-order chi connectivity index (χ1) is 11.6. The number of morpholine rings is 1. The lowest BCUT2D eigenvalue weighted by atomic mass is 10.1. The van der Waals surface area contributed by atoms with Crippen molar-refractivity contribution in [1.29, 1.82) is 0 Å². The van der Waals surface area contributed by atoms with Gasteiger partial charge in [-0.2, -0.15) is 5.10 Å². The van der Waals surface area contributed by atoms with Crippen molar-refractivity contribution in [3.63, 3.8) is 0 Å². The van der Waals surface area contributed by atoms with Crippen molar-refractivity contribution in [2.45, 2.75) is 18.4 Å². The monoisotopic (exact) mass is 329 g/mol. The van der Waals surface area contributed by atoms with Gasteiger partial charge in [0.05, 0.1) is 19.3 Å². The molecular formula is C18H20FN3O2. The zero-order valence-electron chi connectivity index (χ0n) is 13.6. The molecule has 1 amide bonds. The molecule has 0 N–H and O–H groups in total. The van der Waals surface area contributed by atoms with Crippen LogP contribution in [0.25, 0.3) is 0 Å². The summed E-state index contributed by atoms with van der Waals surface area (Å²) in [5.41, 5.74) is 2.05.